The summed E-state index contributed by atoms with van der Waals surface area (Å²) in [5.41, 5.74) is 8.93. The van der Waals surface area contributed by atoms with Crippen LogP contribution in [0.5, 0.6) is 0 Å². The highest BCUT2D eigenvalue weighted by molar-refractivity contribution is 7.80. The van der Waals surface area contributed by atoms with E-state index in [0.29, 0.717) is 0 Å². The summed E-state index contributed by atoms with van der Waals surface area (Å²) >= 11 is 4.60. The molecule has 74 valence electrons. The molecule has 0 aliphatic carbocycles. The molecule has 0 aromatic heterocycles. The number of nitrogens with one attached hydrogen (secondary N) is 1. The maximum Gasteiger partial charge on any atom is 0.184 e. The van der Waals surface area contributed by atoms with Gasteiger partial charge in [0.15, 0.2) is 5.11 Å². The van der Waals surface area contributed by atoms with E-state index < -0.39 is 0 Å². The molecule has 0 saturated carbocycles. The number of unbranched alkanes of at least 4 members (excludes halogenated alkanes) is 1. The third-order valence-electron chi connectivity index (χ3n) is 1.51. The van der Waals surface area contributed by atoms with Crippen LogP contribution in [0.2, 0.25) is 0 Å². The molecule has 0 spiro atoms. The van der Waals surface area contributed by atoms with Crippen molar-refractivity contribution >= 4 is 23.5 Å². The molecule has 3 N–H and O–H groups in total. The van der Waals surface area contributed by atoms with E-state index in [0.717, 1.165) is 19.3 Å². The van der Waals surface area contributed by atoms with Crippen molar-refractivity contribution in [3.8, 4) is 0 Å². The van der Waals surface area contributed by atoms with Crippen LogP contribution in [-0.2, 0) is 0 Å². The van der Waals surface area contributed by atoms with E-state index in [4.69, 9.17) is 5.73 Å². The number of hydrazone groups is 1. The third kappa shape index (κ3) is 7.46. The van der Waals surface area contributed by atoms with Gasteiger partial charge in [0.05, 0.1) is 6.21 Å². The lowest BCUT2D eigenvalue weighted by Crippen LogP contribution is -2.24. The highest BCUT2D eigenvalue weighted by atomic mass is 32.1. The van der Waals surface area contributed by atoms with E-state index in [1.165, 1.54) is 5.57 Å². The fourth-order valence-corrected chi connectivity index (χ4v) is 0.850. The summed E-state index contributed by atoms with van der Waals surface area (Å²) in [6, 6.07) is 0. The fraction of sp³-hybridized carbons (Fsp3) is 0.556. The Morgan fingerprint density at radius 2 is 2.23 bits per heavy atom. The highest BCUT2D eigenvalue weighted by Gasteiger charge is 1.88. The lowest BCUT2D eigenvalue weighted by atomic mass is 10.2. The monoisotopic (exact) mass is 199 g/mol. The fourth-order valence-electron chi connectivity index (χ4n) is 0.797. The summed E-state index contributed by atoms with van der Waals surface area (Å²) in [6.45, 7) is 4.24. The number of nitrogens with two attached hydrogens (primary N) is 1. The highest BCUT2D eigenvalue weighted by Crippen LogP contribution is 2.00. The average Bonchev–Trinajstić information content (AvgIpc) is 2.10. The van der Waals surface area contributed by atoms with E-state index >= 15 is 0 Å². The number of nitrogens with zero attached hydrogens (tertiary/aromatic N) is 1. The molecule has 0 aromatic rings. The van der Waals surface area contributed by atoms with Crippen molar-refractivity contribution in [2.45, 2.75) is 33.1 Å². The van der Waals surface area contributed by atoms with E-state index in [1.54, 1.807) is 6.21 Å². The molecule has 0 aliphatic rings. The van der Waals surface area contributed by atoms with Crippen molar-refractivity contribution in [3.05, 3.63) is 11.6 Å². The zero-order valence-electron chi connectivity index (χ0n) is 8.21. The summed E-state index contributed by atoms with van der Waals surface area (Å²) < 4.78 is 0. The first kappa shape index (κ1) is 12.1. The SMILES string of the molecule is CCC/C=C(\C=N/NC(N)=S)CC. The van der Waals surface area contributed by atoms with Crippen LogP contribution in [0.15, 0.2) is 16.8 Å². The summed E-state index contributed by atoms with van der Waals surface area (Å²) in [6.07, 6.45) is 7.14. The summed E-state index contributed by atoms with van der Waals surface area (Å²) in [4.78, 5) is 0. The Kier molecular flexibility index (Phi) is 7.20. The number of thiocarbonyl (C=S) groups is 1. The van der Waals surface area contributed by atoms with Crippen LogP contribution >= 0.6 is 12.2 Å². The number of hydrogen-bond donors (Lipinski definition) is 2. The maximum absolute atomic E-state index is 5.21. The second kappa shape index (κ2) is 7.73. The van der Waals surface area contributed by atoms with Crippen LogP contribution in [-0.4, -0.2) is 11.3 Å². The van der Waals surface area contributed by atoms with Crippen molar-refractivity contribution in [2.24, 2.45) is 10.8 Å². The van der Waals surface area contributed by atoms with Gasteiger partial charge in [-0.15, -0.1) is 0 Å². The minimum atomic E-state index is 0.196. The molecule has 13 heavy (non-hydrogen) atoms. The first-order valence-electron chi connectivity index (χ1n) is 4.48. The predicted molar refractivity (Wildman–Crippen MR) is 61.7 cm³/mol. The van der Waals surface area contributed by atoms with Gasteiger partial charge in [0.2, 0.25) is 0 Å². The van der Waals surface area contributed by atoms with Gasteiger partial charge in [0, 0.05) is 0 Å². The Bertz CT molecular complexity index is 209. The van der Waals surface area contributed by atoms with Crippen molar-refractivity contribution in [3.63, 3.8) is 0 Å². The van der Waals surface area contributed by atoms with Crippen molar-refractivity contribution < 1.29 is 0 Å². The van der Waals surface area contributed by atoms with Gasteiger partial charge in [-0.3, -0.25) is 5.43 Å². The minimum Gasteiger partial charge on any atom is -0.375 e. The van der Waals surface area contributed by atoms with Gasteiger partial charge in [-0.05, 0) is 30.6 Å². The Morgan fingerprint density at radius 1 is 1.54 bits per heavy atom. The molecule has 0 rings (SSSR count). The molecule has 0 heterocycles. The second-order valence-electron chi connectivity index (χ2n) is 2.66. The molecule has 0 aromatic carbocycles. The van der Waals surface area contributed by atoms with Crippen LogP contribution in [0.3, 0.4) is 0 Å². The van der Waals surface area contributed by atoms with Crippen LogP contribution in [0, 0.1) is 0 Å². The van der Waals surface area contributed by atoms with Crippen LogP contribution in [0.1, 0.15) is 33.1 Å². The van der Waals surface area contributed by atoms with Crippen LogP contribution in [0.25, 0.3) is 0 Å². The standard InChI is InChI=1S/C9H17N3S/c1-3-5-6-8(4-2)7-11-12-9(10)13/h6-7H,3-5H2,1-2H3,(H3,10,12,13)/b8-6-,11-7-. The summed E-state index contributed by atoms with van der Waals surface area (Å²) in [5, 5.41) is 4.08. The van der Waals surface area contributed by atoms with E-state index in [1.807, 2.05) is 0 Å². The topological polar surface area (TPSA) is 50.4 Å². The molecular weight excluding hydrogens is 182 g/mol. The molecule has 0 fully saturated rings. The Balaban J connectivity index is 3.96. The average molecular weight is 199 g/mol. The summed E-state index contributed by atoms with van der Waals surface area (Å²) in [7, 11) is 0. The second-order valence-corrected chi connectivity index (χ2v) is 3.10. The number of rotatable bonds is 5. The number of hydrogen-bond acceptors (Lipinski definition) is 2. The zero-order valence-corrected chi connectivity index (χ0v) is 9.03. The van der Waals surface area contributed by atoms with E-state index in [2.05, 4.69) is 42.7 Å². The Hall–Kier alpha value is -0.900. The van der Waals surface area contributed by atoms with Gasteiger partial charge in [-0.25, -0.2) is 0 Å². The first-order valence-corrected chi connectivity index (χ1v) is 4.89. The smallest absolute Gasteiger partial charge is 0.184 e. The van der Waals surface area contributed by atoms with Crippen molar-refractivity contribution in [2.75, 3.05) is 0 Å². The molecule has 0 atom stereocenters. The van der Waals surface area contributed by atoms with Crippen LogP contribution in [0.4, 0.5) is 0 Å². The Morgan fingerprint density at radius 3 is 2.69 bits per heavy atom. The molecule has 0 radical (unpaired) electrons. The quantitative estimate of drug-likeness (QED) is 0.404. The van der Waals surface area contributed by atoms with Gasteiger partial charge < -0.3 is 5.73 Å². The lowest BCUT2D eigenvalue weighted by molar-refractivity contribution is 0.944. The molecule has 0 saturated heterocycles. The molecule has 0 amide bonds. The third-order valence-corrected chi connectivity index (χ3v) is 1.60. The van der Waals surface area contributed by atoms with Gasteiger partial charge in [-0.2, -0.15) is 5.10 Å². The van der Waals surface area contributed by atoms with Crippen LogP contribution < -0.4 is 11.2 Å². The normalized spacial score (nSPS) is 12.0. The summed E-state index contributed by atoms with van der Waals surface area (Å²) in [5.74, 6) is 0. The predicted octanol–water partition coefficient (Wildman–Crippen LogP) is 1.94. The Labute approximate surface area is 85.1 Å². The number of allylic oxidation sites excluding steroid dienone is 2. The maximum atomic E-state index is 5.21. The van der Waals surface area contributed by atoms with E-state index in [9.17, 15) is 0 Å². The molecule has 0 aliphatic heterocycles. The molecular formula is C9H17N3S. The first-order chi connectivity index (χ1) is 6.20. The van der Waals surface area contributed by atoms with Gasteiger partial charge >= 0.3 is 0 Å². The van der Waals surface area contributed by atoms with Crippen molar-refractivity contribution in [1.82, 2.24) is 5.43 Å². The molecule has 3 nitrogen and oxygen atoms in total. The largest absolute Gasteiger partial charge is 0.375 e. The molecule has 0 unspecified atom stereocenters. The van der Waals surface area contributed by atoms with Crippen molar-refractivity contribution in [1.29, 1.82) is 0 Å². The minimum absolute atomic E-state index is 0.196. The van der Waals surface area contributed by atoms with Gasteiger partial charge in [0.25, 0.3) is 0 Å². The molecule has 4 heteroatoms. The van der Waals surface area contributed by atoms with Gasteiger partial charge in [-0.1, -0.05) is 26.3 Å². The molecule has 0 bridgehead atoms. The van der Waals surface area contributed by atoms with E-state index in [-0.39, 0.29) is 5.11 Å². The lowest BCUT2D eigenvalue weighted by Gasteiger charge is -1.97. The van der Waals surface area contributed by atoms with Gasteiger partial charge in [0.1, 0.15) is 0 Å². The zero-order chi connectivity index (χ0) is 10.1.